The maximum Gasteiger partial charge on any atom is 0.0963 e. The van der Waals surface area contributed by atoms with E-state index in [1.165, 1.54) is 0 Å². The van der Waals surface area contributed by atoms with Gasteiger partial charge in [-0.2, -0.15) is 0 Å². The van der Waals surface area contributed by atoms with Crippen LogP contribution in [0.2, 0.25) is 0 Å². The van der Waals surface area contributed by atoms with E-state index in [9.17, 15) is 0 Å². The van der Waals surface area contributed by atoms with E-state index in [0.29, 0.717) is 5.25 Å². The van der Waals surface area contributed by atoms with Crippen LogP contribution < -0.4 is 0 Å². The van der Waals surface area contributed by atoms with Crippen LogP contribution in [0.4, 0.5) is 0 Å². The van der Waals surface area contributed by atoms with Crippen molar-refractivity contribution in [3.05, 3.63) is 22.8 Å². The molecule has 1 saturated heterocycles. The molecule has 1 aromatic rings. The molecule has 76 valence electrons. The van der Waals surface area contributed by atoms with Crippen molar-refractivity contribution in [2.75, 3.05) is 13.2 Å². The summed E-state index contributed by atoms with van der Waals surface area (Å²) >= 11 is 5.24. The second-order valence-corrected chi connectivity index (χ2v) is 5.48. The largest absolute Gasteiger partial charge is 0.381 e. The first-order valence-corrected chi connectivity index (χ1v) is 6.38. The van der Waals surface area contributed by atoms with Gasteiger partial charge >= 0.3 is 0 Å². The minimum absolute atomic E-state index is 0.678. The van der Waals surface area contributed by atoms with Crippen molar-refractivity contribution >= 4 is 27.7 Å². The lowest BCUT2D eigenvalue weighted by molar-refractivity contribution is 0.1000. The Labute approximate surface area is 96.6 Å². The third-order valence-corrected chi connectivity index (χ3v) is 3.91. The topological polar surface area (TPSA) is 22.1 Å². The summed E-state index contributed by atoms with van der Waals surface area (Å²) in [5.74, 6) is 0. The molecule has 1 aliphatic heterocycles. The molecule has 0 aromatic carbocycles. The Hall–Kier alpha value is -0.0600. The summed E-state index contributed by atoms with van der Waals surface area (Å²) in [6, 6.07) is 4.10. The maximum atomic E-state index is 5.32. The lowest BCUT2D eigenvalue weighted by Crippen LogP contribution is -2.17. The van der Waals surface area contributed by atoms with Gasteiger partial charge in [-0.25, -0.2) is 4.98 Å². The van der Waals surface area contributed by atoms with E-state index in [4.69, 9.17) is 4.74 Å². The zero-order valence-corrected chi connectivity index (χ0v) is 10.2. The van der Waals surface area contributed by atoms with Crippen LogP contribution in [0.25, 0.3) is 0 Å². The molecule has 2 nitrogen and oxygen atoms in total. The monoisotopic (exact) mass is 273 g/mol. The molecule has 0 radical (unpaired) electrons. The lowest BCUT2D eigenvalue weighted by atomic mass is 10.2. The van der Waals surface area contributed by atoms with Gasteiger partial charge in [-0.15, -0.1) is 11.8 Å². The van der Waals surface area contributed by atoms with Crippen molar-refractivity contribution < 1.29 is 4.74 Å². The van der Waals surface area contributed by atoms with E-state index in [1.807, 2.05) is 24.0 Å². The Morgan fingerprint density at radius 3 is 2.79 bits per heavy atom. The second-order valence-electron chi connectivity index (χ2n) is 3.24. The van der Waals surface area contributed by atoms with E-state index in [0.717, 1.165) is 35.6 Å². The number of hydrogen-bond acceptors (Lipinski definition) is 3. The fraction of sp³-hybridized carbons (Fsp3) is 0.500. The molecule has 0 saturated carbocycles. The predicted octanol–water partition coefficient (Wildman–Crippen LogP) is 3.12. The van der Waals surface area contributed by atoms with Crippen LogP contribution in [-0.2, 0) is 4.74 Å². The van der Waals surface area contributed by atoms with Gasteiger partial charge in [-0.1, -0.05) is 0 Å². The summed E-state index contributed by atoms with van der Waals surface area (Å²) in [6.45, 7) is 1.79. The highest BCUT2D eigenvalue weighted by Gasteiger charge is 2.15. The Balaban J connectivity index is 1.92. The molecule has 0 N–H and O–H groups in total. The van der Waals surface area contributed by atoms with Crippen LogP contribution in [0.5, 0.6) is 0 Å². The molecular formula is C10H12BrNOS. The SMILES string of the molecule is Brc1ccc(SC2CCOCC2)nc1. The lowest BCUT2D eigenvalue weighted by Gasteiger charge is -2.20. The van der Waals surface area contributed by atoms with Gasteiger partial charge < -0.3 is 4.74 Å². The summed E-state index contributed by atoms with van der Waals surface area (Å²) in [5.41, 5.74) is 0. The summed E-state index contributed by atoms with van der Waals surface area (Å²) in [4.78, 5) is 4.35. The van der Waals surface area contributed by atoms with Crippen molar-refractivity contribution in [2.45, 2.75) is 23.1 Å². The smallest absolute Gasteiger partial charge is 0.0963 e. The van der Waals surface area contributed by atoms with Crippen molar-refractivity contribution in [1.82, 2.24) is 4.98 Å². The molecule has 2 heterocycles. The quantitative estimate of drug-likeness (QED) is 0.827. The first-order valence-electron chi connectivity index (χ1n) is 4.70. The zero-order valence-electron chi connectivity index (χ0n) is 7.78. The molecule has 1 aromatic heterocycles. The van der Waals surface area contributed by atoms with Gasteiger partial charge in [-0.3, -0.25) is 0 Å². The molecule has 1 fully saturated rings. The fourth-order valence-electron chi connectivity index (χ4n) is 1.40. The van der Waals surface area contributed by atoms with Crippen LogP contribution in [0.15, 0.2) is 27.8 Å². The first kappa shape index (κ1) is 10.5. The van der Waals surface area contributed by atoms with E-state index in [2.05, 4.69) is 27.0 Å². The van der Waals surface area contributed by atoms with Gasteiger partial charge in [0.25, 0.3) is 0 Å². The van der Waals surface area contributed by atoms with E-state index in [-0.39, 0.29) is 0 Å². The molecule has 0 atom stereocenters. The Morgan fingerprint density at radius 1 is 1.36 bits per heavy atom. The minimum Gasteiger partial charge on any atom is -0.381 e. The highest BCUT2D eigenvalue weighted by Crippen LogP contribution is 2.28. The normalized spacial score (nSPS) is 18.4. The minimum atomic E-state index is 0.678. The molecule has 0 spiro atoms. The predicted molar refractivity (Wildman–Crippen MR) is 61.6 cm³/mol. The standard InChI is InChI=1S/C10H12BrNOS/c11-8-1-2-10(12-7-8)14-9-3-5-13-6-4-9/h1-2,7,9H,3-6H2. The number of hydrogen-bond donors (Lipinski definition) is 0. The summed E-state index contributed by atoms with van der Waals surface area (Å²) in [6.07, 6.45) is 4.13. The molecule has 0 amide bonds. The Kier molecular flexibility index (Phi) is 3.84. The van der Waals surface area contributed by atoms with Crippen LogP contribution >= 0.6 is 27.7 Å². The molecular weight excluding hydrogens is 262 g/mol. The van der Waals surface area contributed by atoms with Gasteiger partial charge in [0.15, 0.2) is 0 Å². The number of rotatable bonds is 2. The molecule has 2 rings (SSSR count). The van der Waals surface area contributed by atoms with Crippen LogP contribution in [-0.4, -0.2) is 23.4 Å². The number of thioether (sulfide) groups is 1. The van der Waals surface area contributed by atoms with Crippen LogP contribution in [0.1, 0.15) is 12.8 Å². The number of halogens is 1. The highest BCUT2D eigenvalue weighted by molar-refractivity contribution is 9.10. The molecule has 0 bridgehead atoms. The van der Waals surface area contributed by atoms with Crippen molar-refractivity contribution in [3.63, 3.8) is 0 Å². The second kappa shape index (κ2) is 5.14. The Morgan fingerprint density at radius 2 is 2.14 bits per heavy atom. The van der Waals surface area contributed by atoms with Crippen molar-refractivity contribution in [1.29, 1.82) is 0 Å². The van der Waals surface area contributed by atoms with Gasteiger partial charge in [0, 0.05) is 29.1 Å². The molecule has 1 aliphatic rings. The molecule has 4 heteroatoms. The number of nitrogens with zero attached hydrogens (tertiary/aromatic N) is 1. The summed E-state index contributed by atoms with van der Waals surface area (Å²) < 4.78 is 6.35. The van der Waals surface area contributed by atoms with Gasteiger partial charge in [0.1, 0.15) is 0 Å². The van der Waals surface area contributed by atoms with E-state index >= 15 is 0 Å². The van der Waals surface area contributed by atoms with Crippen LogP contribution in [0.3, 0.4) is 0 Å². The first-order chi connectivity index (χ1) is 6.84. The van der Waals surface area contributed by atoms with E-state index in [1.54, 1.807) is 0 Å². The highest BCUT2D eigenvalue weighted by atomic mass is 79.9. The molecule has 14 heavy (non-hydrogen) atoms. The van der Waals surface area contributed by atoms with Gasteiger partial charge in [0.05, 0.1) is 5.03 Å². The number of ether oxygens (including phenoxy) is 1. The third-order valence-electron chi connectivity index (χ3n) is 2.16. The summed E-state index contributed by atoms with van der Waals surface area (Å²) in [7, 11) is 0. The van der Waals surface area contributed by atoms with Gasteiger partial charge in [0.2, 0.25) is 0 Å². The molecule has 0 aliphatic carbocycles. The van der Waals surface area contributed by atoms with Gasteiger partial charge in [-0.05, 0) is 40.9 Å². The van der Waals surface area contributed by atoms with Crippen molar-refractivity contribution in [2.24, 2.45) is 0 Å². The summed E-state index contributed by atoms with van der Waals surface area (Å²) in [5, 5.41) is 1.79. The average molecular weight is 274 g/mol. The van der Waals surface area contributed by atoms with E-state index < -0.39 is 0 Å². The Bertz CT molecular complexity index is 285. The zero-order chi connectivity index (χ0) is 9.80. The average Bonchev–Trinajstić information content (AvgIpc) is 2.23. The maximum absolute atomic E-state index is 5.32. The van der Waals surface area contributed by atoms with Crippen LogP contribution in [0, 0.1) is 0 Å². The number of aromatic nitrogens is 1. The fourth-order valence-corrected chi connectivity index (χ4v) is 2.66. The van der Waals surface area contributed by atoms with Crippen molar-refractivity contribution in [3.8, 4) is 0 Å². The third kappa shape index (κ3) is 2.97. The number of pyridine rings is 1. The molecule has 0 unspecified atom stereocenters.